The van der Waals surface area contributed by atoms with Crippen LogP contribution in [0.3, 0.4) is 0 Å². The molecule has 0 spiro atoms. The van der Waals surface area contributed by atoms with Gasteiger partial charge in [0.15, 0.2) is 0 Å². The fourth-order valence-corrected chi connectivity index (χ4v) is 3.82. The third-order valence-electron chi connectivity index (χ3n) is 4.73. The number of nitrogens with zero attached hydrogens (tertiary/aromatic N) is 2. The van der Waals surface area contributed by atoms with Gasteiger partial charge in [0.2, 0.25) is 0 Å². The summed E-state index contributed by atoms with van der Waals surface area (Å²) in [6, 6.07) is 19.1. The lowest BCUT2D eigenvalue weighted by Gasteiger charge is -2.10. The molecule has 26 heavy (non-hydrogen) atoms. The van der Waals surface area contributed by atoms with E-state index in [2.05, 4.69) is 83.7 Å². The normalized spacial score (nSPS) is 11.3. The van der Waals surface area contributed by atoms with E-state index in [0.717, 1.165) is 35.9 Å². The van der Waals surface area contributed by atoms with Crippen molar-refractivity contribution in [2.45, 2.75) is 13.3 Å². The Kier molecular flexibility index (Phi) is 4.85. The maximum Gasteiger partial charge on any atom is 0.147 e. The van der Waals surface area contributed by atoms with Gasteiger partial charge in [0.05, 0.1) is 0 Å². The lowest BCUT2D eigenvalue weighted by Crippen LogP contribution is -2.06. The fourth-order valence-electron chi connectivity index (χ4n) is 3.39. The molecule has 2 heterocycles. The number of hydrogen-bond donors (Lipinski definition) is 1. The molecule has 0 unspecified atom stereocenters. The molecular weight excluding hydrogens is 338 g/mol. The van der Waals surface area contributed by atoms with Crippen LogP contribution in [0.15, 0.2) is 60.8 Å². The maximum absolute atomic E-state index is 5.07. The summed E-state index contributed by atoms with van der Waals surface area (Å²) in [7, 11) is 0. The average molecular weight is 362 g/mol. The molecule has 0 aliphatic carbocycles. The second kappa shape index (κ2) is 7.42. The molecule has 0 saturated carbocycles. The van der Waals surface area contributed by atoms with Crippen molar-refractivity contribution in [1.29, 1.82) is 0 Å². The molecule has 0 aliphatic rings. The van der Waals surface area contributed by atoms with E-state index in [1.807, 2.05) is 11.8 Å². The number of rotatable bonds is 6. The van der Waals surface area contributed by atoms with Gasteiger partial charge in [-0.05, 0) is 42.4 Å². The molecule has 2 aromatic heterocycles. The number of hydrogen-bond acceptors (Lipinski definition) is 3. The number of aryl methyl sites for hydroxylation is 1. The van der Waals surface area contributed by atoms with Crippen molar-refractivity contribution in [2.24, 2.45) is 0 Å². The quantitative estimate of drug-likeness (QED) is 0.451. The minimum atomic E-state index is 0.945. The fraction of sp³-hybridized carbons (Fsp3) is 0.227. The number of aromatic nitrogens is 2. The van der Waals surface area contributed by atoms with E-state index in [4.69, 9.17) is 4.98 Å². The monoisotopic (exact) mass is 361 g/mol. The minimum absolute atomic E-state index is 0.945. The summed E-state index contributed by atoms with van der Waals surface area (Å²) in [6.45, 7) is 3.09. The number of imidazole rings is 1. The number of anilines is 1. The van der Waals surface area contributed by atoms with Crippen LogP contribution in [0.1, 0.15) is 12.0 Å². The summed E-state index contributed by atoms with van der Waals surface area (Å²) >= 11 is 1.88. The second-order valence-electron chi connectivity index (χ2n) is 6.49. The lowest BCUT2D eigenvalue weighted by atomic mass is 10.1. The molecule has 2 aromatic carbocycles. The summed E-state index contributed by atoms with van der Waals surface area (Å²) < 4.78 is 2.20. The predicted molar refractivity (Wildman–Crippen MR) is 114 cm³/mol. The first-order chi connectivity index (χ1) is 12.8. The third kappa shape index (κ3) is 3.06. The molecule has 4 heteroatoms. The van der Waals surface area contributed by atoms with Crippen LogP contribution in [0, 0.1) is 6.92 Å². The number of thioether (sulfide) groups is 1. The minimum Gasteiger partial charge on any atom is -0.369 e. The maximum atomic E-state index is 5.07. The molecule has 3 nitrogen and oxygen atoms in total. The highest BCUT2D eigenvalue weighted by Crippen LogP contribution is 2.33. The van der Waals surface area contributed by atoms with E-state index in [1.54, 1.807) is 0 Å². The Hall–Kier alpha value is -2.46. The average Bonchev–Trinajstić information content (AvgIpc) is 3.04. The van der Waals surface area contributed by atoms with Crippen molar-refractivity contribution in [1.82, 2.24) is 9.38 Å². The van der Waals surface area contributed by atoms with Gasteiger partial charge in [-0.2, -0.15) is 11.8 Å². The van der Waals surface area contributed by atoms with Crippen LogP contribution in [-0.4, -0.2) is 27.9 Å². The van der Waals surface area contributed by atoms with E-state index in [1.165, 1.54) is 21.9 Å². The highest BCUT2D eigenvalue weighted by molar-refractivity contribution is 7.98. The van der Waals surface area contributed by atoms with Crippen LogP contribution in [0.25, 0.3) is 27.7 Å². The van der Waals surface area contributed by atoms with Gasteiger partial charge in [-0.3, -0.25) is 4.40 Å². The number of benzene rings is 2. The largest absolute Gasteiger partial charge is 0.369 e. The van der Waals surface area contributed by atoms with E-state index in [0.29, 0.717) is 0 Å². The van der Waals surface area contributed by atoms with Crippen LogP contribution in [0.2, 0.25) is 0 Å². The predicted octanol–water partition coefficient (Wildman–Crippen LogP) is 5.63. The van der Waals surface area contributed by atoms with Crippen molar-refractivity contribution in [2.75, 3.05) is 23.9 Å². The molecule has 1 N–H and O–H groups in total. The van der Waals surface area contributed by atoms with Gasteiger partial charge in [-0.1, -0.05) is 48.5 Å². The Labute approximate surface area is 158 Å². The molecule has 0 atom stereocenters. The molecule has 0 fully saturated rings. The Morgan fingerprint density at radius 1 is 1.04 bits per heavy atom. The zero-order valence-corrected chi connectivity index (χ0v) is 16.0. The number of pyridine rings is 1. The summed E-state index contributed by atoms with van der Waals surface area (Å²) in [5, 5.41) is 6.05. The summed E-state index contributed by atoms with van der Waals surface area (Å²) in [5.74, 6) is 2.24. The van der Waals surface area contributed by atoms with Crippen molar-refractivity contribution in [3.8, 4) is 11.3 Å². The van der Waals surface area contributed by atoms with Crippen molar-refractivity contribution >= 4 is 34.0 Å². The van der Waals surface area contributed by atoms with Gasteiger partial charge < -0.3 is 5.32 Å². The molecule has 132 valence electrons. The van der Waals surface area contributed by atoms with Crippen LogP contribution >= 0.6 is 11.8 Å². The van der Waals surface area contributed by atoms with Crippen LogP contribution in [0.4, 0.5) is 5.82 Å². The SMILES string of the molecule is CSCCCNc1c(-c2ccccc2C)nc2c3ccccc3ccn12. The van der Waals surface area contributed by atoms with Crippen LogP contribution in [-0.2, 0) is 0 Å². The Morgan fingerprint density at radius 3 is 2.69 bits per heavy atom. The van der Waals surface area contributed by atoms with Crippen molar-refractivity contribution < 1.29 is 0 Å². The van der Waals surface area contributed by atoms with E-state index < -0.39 is 0 Å². The Bertz CT molecular complexity index is 1050. The first-order valence-corrected chi connectivity index (χ1v) is 10.4. The van der Waals surface area contributed by atoms with Gasteiger partial charge >= 0.3 is 0 Å². The molecule has 4 aromatic rings. The van der Waals surface area contributed by atoms with Gasteiger partial charge in [0.1, 0.15) is 17.2 Å². The summed E-state index contributed by atoms with van der Waals surface area (Å²) in [4.78, 5) is 5.07. The highest BCUT2D eigenvalue weighted by atomic mass is 32.2. The molecular formula is C22H23N3S. The van der Waals surface area contributed by atoms with Gasteiger partial charge in [-0.15, -0.1) is 0 Å². The molecule has 0 amide bonds. The van der Waals surface area contributed by atoms with E-state index in [9.17, 15) is 0 Å². The Morgan fingerprint density at radius 2 is 1.85 bits per heavy atom. The van der Waals surface area contributed by atoms with Crippen molar-refractivity contribution in [3.05, 3.63) is 66.4 Å². The molecule has 0 aliphatic heterocycles. The first-order valence-electron chi connectivity index (χ1n) is 8.98. The van der Waals surface area contributed by atoms with Crippen LogP contribution < -0.4 is 5.32 Å². The first kappa shape index (κ1) is 17.0. The smallest absolute Gasteiger partial charge is 0.147 e. The summed E-state index contributed by atoms with van der Waals surface area (Å²) in [5.41, 5.74) is 4.47. The second-order valence-corrected chi connectivity index (χ2v) is 7.48. The molecule has 0 radical (unpaired) electrons. The standard InChI is InChI=1S/C22H23N3S/c1-16-8-3-5-10-18(16)20-22(23-13-7-15-26-2)25-14-12-17-9-4-6-11-19(17)21(25)24-20/h3-6,8-12,14,23H,7,13,15H2,1-2H3. The zero-order chi connectivity index (χ0) is 17.9. The van der Waals surface area contributed by atoms with E-state index in [-0.39, 0.29) is 0 Å². The molecule has 0 bridgehead atoms. The topological polar surface area (TPSA) is 29.3 Å². The number of nitrogens with one attached hydrogen (secondary N) is 1. The third-order valence-corrected chi connectivity index (χ3v) is 5.43. The van der Waals surface area contributed by atoms with Gasteiger partial charge in [0, 0.05) is 23.7 Å². The lowest BCUT2D eigenvalue weighted by molar-refractivity contribution is 0.977. The molecule has 0 saturated heterocycles. The summed E-state index contributed by atoms with van der Waals surface area (Å²) in [6.07, 6.45) is 5.41. The molecule has 4 rings (SSSR count). The van der Waals surface area contributed by atoms with E-state index >= 15 is 0 Å². The Balaban J connectivity index is 1.90. The number of fused-ring (bicyclic) bond motifs is 3. The van der Waals surface area contributed by atoms with Gasteiger partial charge in [0.25, 0.3) is 0 Å². The van der Waals surface area contributed by atoms with Crippen LogP contribution in [0.5, 0.6) is 0 Å². The zero-order valence-electron chi connectivity index (χ0n) is 15.2. The van der Waals surface area contributed by atoms with Gasteiger partial charge in [-0.25, -0.2) is 4.98 Å². The van der Waals surface area contributed by atoms with Crippen molar-refractivity contribution in [3.63, 3.8) is 0 Å². The highest BCUT2D eigenvalue weighted by Gasteiger charge is 2.16.